The Morgan fingerprint density at radius 3 is 2.43 bits per heavy atom. The normalized spacial score (nSPS) is 23.1. The largest absolute Gasteiger partial charge is 0.394 e. The lowest BCUT2D eigenvalue weighted by molar-refractivity contribution is -0.153. The van der Waals surface area contributed by atoms with Gasteiger partial charge in [-0.15, -0.1) is 0 Å². The highest BCUT2D eigenvalue weighted by atomic mass is 32.1. The predicted molar refractivity (Wildman–Crippen MR) is 87.0 cm³/mol. The molecule has 1 saturated heterocycles. The molecule has 0 aliphatic carbocycles. The highest BCUT2D eigenvalue weighted by molar-refractivity contribution is 7.80. The Morgan fingerprint density at radius 2 is 2.00 bits per heavy atom. The molecule has 2 unspecified atom stereocenters. The number of hydrogen-bond donors (Lipinski definition) is 2. The van der Waals surface area contributed by atoms with Gasteiger partial charge in [-0.3, -0.25) is 4.79 Å². The van der Waals surface area contributed by atoms with Crippen LogP contribution in [0.1, 0.15) is 46.5 Å². The van der Waals surface area contributed by atoms with Gasteiger partial charge in [0.15, 0.2) is 0 Å². The van der Waals surface area contributed by atoms with Gasteiger partial charge in [0, 0.05) is 6.54 Å². The molecule has 0 radical (unpaired) electrons. The number of thiocarbonyl (C=S) groups is 1. The third-order valence-electron chi connectivity index (χ3n) is 4.20. The van der Waals surface area contributed by atoms with E-state index in [0.29, 0.717) is 26.0 Å². The van der Waals surface area contributed by atoms with Gasteiger partial charge in [0.25, 0.3) is 0 Å². The van der Waals surface area contributed by atoms with Crippen LogP contribution in [0.5, 0.6) is 0 Å². The number of aliphatic hydroxyl groups is 1. The van der Waals surface area contributed by atoms with E-state index in [1.807, 2.05) is 20.8 Å². The van der Waals surface area contributed by atoms with Crippen molar-refractivity contribution >= 4 is 23.1 Å². The molecule has 2 atom stereocenters. The first kappa shape index (κ1) is 18.3. The summed E-state index contributed by atoms with van der Waals surface area (Å²) < 4.78 is 5.50. The topological polar surface area (TPSA) is 75.8 Å². The van der Waals surface area contributed by atoms with Gasteiger partial charge in [-0.25, -0.2) is 0 Å². The average Bonchev–Trinajstić information content (AvgIpc) is 2.46. The molecule has 0 aromatic rings. The van der Waals surface area contributed by atoms with Crippen molar-refractivity contribution in [3.05, 3.63) is 0 Å². The molecule has 6 heteroatoms. The second-order valence-corrected chi connectivity index (χ2v) is 6.33. The van der Waals surface area contributed by atoms with E-state index in [1.54, 1.807) is 4.90 Å². The molecule has 0 saturated carbocycles. The summed E-state index contributed by atoms with van der Waals surface area (Å²) >= 11 is 5.25. The minimum Gasteiger partial charge on any atom is -0.394 e. The zero-order valence-electron chi connectivity index (χ0n) is 13.3. The fraction of sp³-hybridized carbons (Fsp3) is 0.867. The van der Waals surface area contributed by atoms with Crippen LogP contribution in [-0.4, -0.2) is 52.8 Å². The van der Waals surface area contributed by atoms with Crippen molar-refractivity contribution in [1.29, 1.82) is 0 Å². The number of morpholine rings is 1. The quantitative estimate of drug-likeness (QED) is 0.696. The number of rotatable bonds is 7. The number of ether oxygens (including phenoxy) is 1. The van der Waals surface area contributed by atoms with Crippen molar-refractivity contribution in [3.8, 4) is 0 Å². The lowest BCUT2D eigenvalue weighted by Gasteiger charge is -2.43. The molecule has 1 fully saturated rings. The molecule has 1 amide bonds. The standard InChI is InChI=1S/C15H28N2O3S/c1-4-6-15(7-5-2,13(16)21)14(19)17-8-12(9-18)20-10-11(17)3/h11-12,18H,4-10H2,1-3H3,(H2,16,21). The van der Waals surface area contributed by atoms with Crippen LogP contribution in [0.25, 0.3) is 0 Å². The molecule has 1 heterocycles. The van der Waals surface area contributed by atoms with Gasteiger partial charge in [0.05, 0.1) is 35.8 Å². The van der Waals surface area contributed by atoms with Crippen LogP contribution in [0.2, 0.25) is 0 Å². The summed E-state index contributed by atoms with van der Waals surface area (Å²) in [5.74, 6) is -0.00653. The number of amides is 1. The van der Waals surface area contributed by atoms with Gasteiger partial charge < -0.3 is 20.5 Å². The maximum Gasteiger partial charge on any atom is 0.236 e. The Balaban J connectivity index is 3.05. The first-order valence-corrected chi connectivity index (χ1v) is 8.17. The van der Waals surface area contributed by atoms with Crippen molar-refractivity contribution in [2.75, 3.05) is 19.8 Å². The van der Waals surface area contributed by atoms with Gasteiger partial charge >= 0.3 is 0 Å². The highest BCUT2D eigenvalue weighted by Gasteiger charge is 2.45. The Labute approximate surface area is 132 Å². The Bertz CT molecular complexity index is 370. The molecule has 0 spiro atoms. The van der Waals surface area contributed by atoms with Crippen LogP contribution in [0.3, 0.4) is 0 Å². The monoisotopic (exact) mass is 316 g/mol. The molecule has 0 aromatic heterocycles. The molecule has 0 bridgehead atoms. The maximum atomic E-state index is 13.1. The zero-order chi connectivity index (χ0) is 16.0. The molecule has 0 aromatic carbocycles. The third kappa shape index (κ3) is 3.93. The summed E-state index contributed by atoms with van der Waals surface area (Å²) in [6.45, 7) is 6.77. The summed E-state index contributed by atoms with van der Waals surface area (Å²) in [5, 5.41) is 9.28. The Morgan fingerprint density at radius 1 is 1.43 bits per heavy atom. The van der Waals surface area contributed by atoms with E-state index in [1.165, 1.54) is 0 Å². The number of carbonyl (C=O) groups is 1. The van der Waals surface area contributed by atoms with Gasteiger partial charge in [-0.1, -0.05) is 38.9 Å². The summed E-state index contributed by atoms with van der Waals surface area (Å²) in [5.41, 5.74) is 5.21. The minimum absolute atomic E-state index is 0.00653. The highest BCUT2D eigenvalue weighted by Crippen LogP contribution is 2.34. The van der Waals surface area contributed by atoms with Crippen LogP contribution in [-0.2, 0) is 9.53 Å². The van der Waals surface area contributed by atoms with Gasteiger partial charge in [-0.05, 0) is 19.8 Å². The van der Waals surface area contributed by atoms with E-state index >= 15 is 0 Å². The van der Waals surface area contributed by atoms with Crippen LogP contribution in [0.4, 0.5) is 0 Å². The molecule has 122 valence electrons. The molecule has 1 aliphatic heterocycles. The van der Waals surface area contributed by atoms with Crippen LogP contribution in [0.15, 0.2) is 0 Å². The number of aliphatic hydroxyl groups excluding tert-OH is 1. The van der Waals surface area contributed by atoms with Crippen molar-refractivity contribution in [1.82, 2.24) is 4.90 Å². The first-order chi connectivity index (χ1) is 9.92. The molecular weight excluding hydrogens is 288 g/mol. The van der Waals surface area contributed by atoms with Gasteiger partial charge in [-0.2, -0.15) is 0 Å². The van der Waals surface area contributed by atoms with Crippen molar-refractivity contribution in [3.63, 3.8) is 0 Å². The molecule has 3 N–H and O–H groups in total. The lowest BCUT2D eigenvalue weighted by atomic mass is 9.77. The number of hydrogen-bond acceptors (Lipinski definition) is 4. The maximum absolute atomic E-state index is 13.1. The summed E-state index contributed by atoms with van der Waals surface area (Å²) in [6, 6.07) is -0.0252. The molecule has 1 rings (SSSR count). The van der Waals surface area contributed by atoms with Crippen LogP contribution in [0, 0.1) is 5.41 Å². The van der Waals surface area contributed by atoms with Crippen LogP contribution >= 0.6 is 12.2 Å². The smallest absolute Gasteiger partial charge is 0.236 e. The van der Waals surface area contributed by atoms with E-state index in [9.17, 15) is 9.90 Å². The SMILES string of the molecule is CCCC(CCC)(C(=O)N1CC(CO)OCC1C)C(N)=S. The van der Waals surface area contributed by atoms with Gasteiger partial charge in [0.1, 0.15) is 0 Å². The number of nitrogens with zero attached hydrogens (tertiary/aromatic N) is 1. The van der Waals surface area contributed by atoms with E-state index in [4.69, 9.17) is 22.7 Å². The van der Waals surface area contributed by atoms with E-state index < -0.39 is 5.41 Å². The molecule has 5 nitrogen and oxygen atoms in total. The van der Waals surface area contributed by atoms with Crippen molar-refractivity contribution in [2.24, 2.45) is 11.1 Å². The fourth-order valence-electron chi connectivity index (χ4n) is 3.03. The summed E-state index contributed by atoms with van der Waals surface area (Å²) in [4.78, 5) is 15.2. The number of nitrogens with two attached hydrogens (primary N) is 1. The fourth-order valence-corrected chi connectivity index (χ4v) is 3.32. The van der Waals surface area contributed by atoms with Gasteiger partial charge in [0.2, 0.25) is 5.91 Å². The van der Waals surface area contributed by atoms with E-state index in [2.05, 4.69) is 0 Å². The van der Waals surface area contributed by atoms with Crippen molar-refractivity contribution < 1.29 is 14.6 Å². The van der Waals surface area contributed by atoms with Crippen LogP contribution < -0.4 is 5.73 Å². The van der Waals surface area contributed by atoms with E-state index in [0.717, 1.165) is 12.8 Å². The second kappa shape index (κ2) is 8.06. The Hall–Kier alpha value is -0.720. The lowest BCUT2D eigenvalue weighted by Crippen LogP contribution is -2.58. The molecular formula is C15H28N2O3S. The zero-order valence-corrected chi connectivity index (χ0v) is 14.1. The van der Waals surface area contributed by atoms with Crippen molar-refractivity contribution in [2.45, 2.75) is 58.6 Å². The third-order valence-corrected chi connectivity index (χ3v) is 4.60. The summed E-state index contributed by atoms with van der Waals surface area (Å²) in [6.07, 6.45) is 2.72. The minimum atomic E-state index is -0.759. The van der Waals surface area contributed by atoms with E-state index in [-0.39, 0.29) is 29.6 Å². The predicted octanol–water partition coefficient (Wildman–Crippen LogP) is 1.47. The average molecular weight is 316 g/mol. The summed E-state index contributed by atoms with van der Waals surface area (Å²) in [7, 11) is 0. The molecule has 1 aliphatic rings. The Kier molecular flexibility index (Phi) is 7.03. The molecule has 21 heavy (non-hydrogen) atoms. The second-order valence-electron chi connectivity index (χ2n) is 5.89. The number of carbonyl (C=O) groups excluding carboxylic acids is 1. The first-order valence-electron chi connectivity index (χ1n) is 7.76.